The summed E-state index contributed by atoms with van der Waals surface area (Å²) in [7, 11) is 0. The summed E-state index contributed by atoms with van der Waals surface area (Å²) in [5.41, 5.74) is 0. The van der Waals surface area contributed by atoms with E-state index in [0.29, 0.717) is 6.17 Å². The maximum atomic E-state index is 3.94. The Bertz CT molecular complexity index is 59.9. The molecule has 0 aromatic heterocycles. The molecule has 0 saturated carbocycles. The van der Waals surface area contributed by atoms with Crippen molar-refractivity contribution in [1.82, 2.24) is 10.6 Å². The summed E-state index contributed by atoms with van der Waals surface area (Å²) < 4.78 is 0. The molecule has 0 spiro atoms. The lowest BCUT2D eigenvalue weighted by atomic mass is 10.6. The Balaban J connectivity index is 2.32. The molecule has 1 aliphatic heterocycles. The Morgan fingerprint density at radius 3 is 2.83 bits per heavy atom. The first-order valence-electron chi connectivity index (χ1n) is 2.00. The summed E-state index contributed by atoms with van der Waals surface area (Å²) in [4.78, 5) is 0. The van der Waals surface area contributed by atoms with Crippen molar-refractivity contribution in [2.75, 3.05) is 0 Å². The van der Waals surface area contributed by atoms with E-state index in [2.05, 4.69) is 10.6 Å². The van der Waals surface area contributed by atoms with E-state index < -0.39 is 0 Å². The van der Waals surface area contributed by atoms with Crippen molar-refractivity contribution in [3.63, 3.8) is 0 Å². The normalized spacial score (nSPS) is 20.2. The Labute approximate surface area is 37.2 Å². The van der Waals surface area contributed by atoms with Crippen molar-refractivity contribution < 1.29 is 0 Å². The fraction of sp³-hybridized carbons (Fsp3) is 0.500. The third-order valence-electron chi connectivity index (χ3n) is 0.722. The molecule has 2 heteroatoms. The van der Waals surface area contributed by atoms with Crippen molar-refractivity contribution in [2.45, 2.75) is 13.1 Å². The molecule has 33 valence electrons. The van der Waals surface area contributed by atoms with Crippen molar-refractivity contribution in [1.29, 1.82) is 0 Å². The molecule has 0 aromatic carbocycles. The average Bonchev–Trinajstić information content (AvgIpc) is 1.86. The molecule has 1 aliphatic rings. The first-order valence-corrected chi connectivity index (χ1v) is 2.00. The van der Waals surface area contributed by atoms with Gasteiger partial charge in [-0.05, 0) is 6.92 Å². The van der Waals surface area contributed by atoms with Gasteiger partial charge >= 0.3 is 0 Å². The van der Waals surface area contributed by atoms with Crippen LogP contribution in [-0.4, -0.2) is 6.17 Å². The molecule has 0 aromatic rings. The highest BCUT2D eigenvalue weighted by Crippen LogP contribution is 1.83. The van der Waals surface area contributed by atoms with Gasteiger partial charge < -0.3 is 5.32 Å². The van der Waals surface area contributed by atoms with Gasteiger partial charge in [0, 0.05) is 12.4 Å². The van der Waals surface area contributed by atoms with E-state index in [1.807, 2.05) is 13.1 Å². The van der Waals surface area contributed by atoms with Crippen LogP contribution in [0.1, 0.15) is 6.92 Å². The molecule has 1 N–H and O–H groups in total. The molecule has 0 amide bonds. The fourth-order valence-corrected chi connectivity index (χ4v) is 0.397. The molecular weight excluding hydrogens is 76.1 g/mol. The first kappa shape index (κ1) is 3.53. The van der Waals surface area contributed by atoms with Crippen molar-refractivity contribution in [2.24, 2.45) is 0 Å². The molecule has 1 unspecified atom stereocenters. The van der Waals surface area contributed by atoms with Crippen LogP contribution < -0.4 is 10.6 Å². The SMILES string of the molecule is CC1[N]C=CN1. The van der Waals surface area contributed by atoms with Crippen LogP contribution in [0.2, 0.25) is 0 Å². The van der Waals surface area contributed by atoms with Crippen LogP contribution in [0.4, 0.5) is 0 Å². The summed E-state index contributed by atoms with van der Waals surface area (Å²) in [6.07, 6.45) is 3.92. The smallest absolute Gasteiger partial charge is 0.115 e. The van der Waals surface area contributed by atoms with E-state index in [1.165, 1.54) is 0 Å². The Hall–Kier alpha value is -0.660. The van der Waals surface area contributed by atoms with Gasteiger partial charge in [0.15, 0.2) is 0 Å². The highest BCUT2D eigenvalue weighted by Gasteiger charge is 1.97. The fourth-order valence-electron chi connectivity index (χ4n) is 0.397. The van der Waals surface area contributed by atoms with E-state index in [4.69, 9.17) is 0 Å². The van der Waals surface area contributed by atoms with Crippen LogP contribution in [0, 0.1) is 0 Å². The topological polar surface area (TPSA) is 26.1 Å². The van der Waals surface area contributed by atoms with Gasteiger partial charge in [0.2, 0.25) is 0 Å². The van der Waals surface area contributed by atoms with E-state index in [0.717, 1.165) is 0 Å². The molecule has 1 rings (SSSR count). The van der Waals surface area contributed by atoms with E-state index in [9.17, 15) is 0 Å². The van der Waals surface area contributed by atoms with Gasteiger partial charge in [0.1, 0.15) is 6.17 Å². The molecule has 1 radical (unpaired) electrons. The van der Waals surface area contributed by atoms with E-state index >= 15 is 0 Å². The van der Waals surface area contributed by atoms with Crippen LogP contribution in [0.15, 0.2) is 12.4 Å². The van der Waals surface area contributed by atoms with Crippen molar-refractivity contribution >= 4 is 0 Å². The van der Waals surface area contributed by atoms with Gasteiger partial charge in [-0.3, -0.25) is 5.32 Å². The lowest BCUT2D eigenvalue weighted by Crippen LogP contribution is -2.20. The second-order valence-electron chi connectivity index (χ2n) is 1.31. The Kier molecular flexibility index (Phi) is 0.708. The standard InChI is InChI=1S/C4H7N2/c1-4-5-2-3-6-4/h2-5H,1H3. The Morgan fingerprint density at radius 1 is 1.83 bits per heavy atom. The molecule has 6 heavy (non-hydrogen) atoms. The van der Waals surface area contributed by atoms with Crippen LogP contribution in [0.3, 0.4) is 0 Å². The zero-order valence-corrected chi connectivity index (χ0v) is 3.68. The van der Waals surface area contributed by atoms with E-state index in [1.54, 1.807) is 6.20 Å². The average molecular weight is 83.1 g/mol. The van der Waals surface area contributed by atoms with Gasteiger partial charge in [0.25, 0.3) is 0 Å². The zero-order chi connectivity index (χ0) is 4.41. The molecule has 0 bridgehead atoms. The largest absolute Gasteiger partial charge is 0.369 e. The van der Waals surface area contributed by atoms with Crippen LogP contribution in [-0.2, 0) is 0 Å². The number of hydrogen-bond donors (Lipinski definition) is 1. The third-order valence-corrected chi connectivity index (χ3v) is 0.722. The van der Waals surface area contributed by atoms with Gasteiger partial charge in [-0.15, -0.1) is 0 Å². The number of hydrogen-bond acceptors (Lipinski definition) is 1. The summed E-state index contributed by atoms with van der Waals surface area (Å²) in [5.74, 6) is 0. The molecule has 2 nitrogen and oxygen atoms in total. The number of nitrogens with zero attached hydrogens (tertiary/aromatic N) is 1. The number of nitrogens with one attached hydrogen (secondary N) is 1. The van der Waals surface area contributed by atoms with Gasteiger partial charge in [-0.1, -0.05) is 0 Å². The minimum atomic E-state index is 0.310. The quantitative estimate of drug-likeness (QED) is 0.438. The predicted molar refractivity (Wildman–Crippen MR) is 23.9 cm³/mol. The van der Waals surface area contributed by atoms with Crippen LogP contribution >= 0.6 is 0 Å². The minimum absolute atomic E-state index is 0.310. The minimum Gasteiger partial charge on any atom is -0.369 e. The summed E-state index contributed by atoms with van der Waals surface area (Å²) in [6.45, 7) is 2.00. The lowest BCUT2D eigenvalue weighted by molar-refractivity contribution is 0.616. The van der Waals surface area contributed by atoms with Gasteiger partial charge in [-0.2, -0.15) is 0 Å². The highest BCUT2D eigenvalue weighted by molar-refractivity contribution is 4.87. The molecule has 1 atom stereocenters. The lowest BCUT2D eigenvalue weighted by Gasteiger charge is -1.97. The van der Waals surface area contributed by atoms with Crippen molar-refractivity contribution in [3.05, 3.63) is 12.4 Å². The molecule has 1 heterocycles. The summed E-state index contributed by atoms with van der Waals surface area (Å²) in [5, 5.41) is 6.92. The summed E-state index contributed by atoms with van der Waals surface area (Å²) >= 11 is 0. The third kappa shape index (κ3) is 0.455. The first-order chi connectivity index (χ1) is 2.89. The predicted octanol–water partition coefficient (Wildman–Crippen LogP) is 0.0112. The highest BCUT2D eigenvalue weighted by atomic mass is 15.1. The van der Waals surface area contributed by atoms with E-state index in [-0.39, 0.29) is 0 Å². The number of rotatable bonds is 0. The second-order valence-corrected chi connectivity index (χ2v) is 1.31. The maximum Gasteiger partial charge on any atom is 0.115 e. The molecule has 0 fully saturated rings. The molecular formula is C4H7N2. The molecule has 0 saturated heterocycles. The van der Waals surface area contributed by atoms with Gasteiger partial charge in [-0.25, -0.2) is 0 Å². The summed E-state index contributed by atoms with van der Waals surface area (Å²) in [6, 6.07) is 0. The van der Waals surface area contributed by atoms with Crippen molar-refractivity contribution in [3.8, 4) is 0 Å². The van der Waals surface area contributed by atoms with Crippen LogP contribution in [0.25, 0.3) is 0 Å². The maximum absolute atomic E-state index is 3.94. The Morgan fingerprint density at radius 2 is 2.67 bits per heavy atom. The zero-order valence-electron chi connectivity index (χ0n) is 3.68. The van der Waals surface area contributed by atoms with Gasteiger partial charge in [0.05, 0.1) is 0 Å². The van der Waals surface area contributed by atoms with Crippen LogP contribution in [0.5, 0.6) is 0 Å². The second kappa shape index (κ2) is 1.20. The monoisotopic (exact) mass is 83.1 g/mol. The molecule has 0 aliphatic carbocycles.